The van der Waals surface area contributed by atoms with Gasteiger partial charge in [-0.2, -0.15) is 5.26 Å². The quantitative estimate of drug-likeness (QED) is 0.728. The molecule has 3 aromatic rings. The molecule has 1 fully saturated rings. The highest BCUT2D eigenvalue weighted by Crippen LogP contribution is 2.25. The van der Waals surface area contributed by atoms with Crippen LogP contribution in [0.4, 0.5) is 0 Å². The van der Waals surface area contributed by atoms with E-state index in [2.05, 4.69) is 25.1 Å². The Morgan fingerprint density at radius 2 is 2.33 bits per heavy atom. The van der Waals surface area contributed by atoms with E-state index < -0.39 is 0 Å². The maximum atomic E-state index is 12.1. The SMILES string of the molecule is CN1CCN(C(=O)CC#N)C[C@@H]1c1nnc2cnc3[nH]ccc3n12. The van der Waals surface area contributed by atoms with Gasteiger partial charge in [0.1, 0.15) is 6.42 Å². The Hall–Kier alpha value is -2.99. The molecule has 122 valence electrons. The summed E-state index contributed by atoms with van der Waals surface area (Å²) in [5, 5.41) is 17.3. The molecule has 0 spiro atoms. The van der Waals surface area contributed by atoms with Crippen LogP contribution in [0.5, 0.6) is 0 Å². The number of aromatic nitrogens is 5. The summed E-state index contributed by atoms with van der Waals surface area (Å²) in [6, 6.07) is 3.77. The molecular formula is C15H16N8O. The summed E-state index contributed by atoms with van der Waals surface area (Å²) in [6.45, 7) is 1.83. The summed E-state index contributed by atoms with van der Waals surface area (Å²) in [7, 11) is 2.01. The van der Waals surface area contributed by atoms with Crippen LogP contribution in [-0.2, 0) is 4.79 Å². The monoisotopic (exact) mass is 324 g/mol. The number of nitrogens with one attached hydrogen (secondary N) is 1. The molecule has 1 aliphatic heterocycles. The lowest BCUT2D eigenvalue weighted by Crippen LogP contribution is -2.49. The van der Waals surface area contributed by atoms with Crippen LogP contribution >= 0.6 is 0 Å². The standard InChI is InChI=1S/C15H16N8O/c1-21-6-7-22(13(24)2-4-16)9-11(21)15-20-19-12-8-18-14-10(23(12)15)3-5-17-14/h3,5,8,11,17H,2,6-7,9H2,1H3/t11-/m1/s1. The minimum atomic E-state index is -0.141. The van der Waals surface area contributed by atoms with Gasteiger partial charge in [-0.15, -0.1) is 10.2 Å². The highest BCUT2D eigenvalue weighted by Gasteiger charge is 2.31. The number of nitrogens with zero attached hydrogens (tertiary/aromatic N) is 7. The fraction of sp³-hybridized carbons (Fsp3) is 0.400. The molecule has 1 atom stereocenters. The molecule has 0 bridgehead atoms. The van der Waals surface area contributed by atoms with Gasteiger partial charge >= 0.3 is 0 Å². The van der Waals surface area contributed by atoms with Crippen LogP contribution in [0.15, 0.2) is 18.5 Å². The summed E-state index contributed by atoms with van der Waals surface area (Å²) in [6.07, 6.45) is 3.41. The van der Waals surface area contributed by atoms with Crippen LogP contribution in [0, 0.1) is 11.3 Å². The third kappa shape index (κ3) is 2.19. The molecule has 1 N–H and O–H groups in total. The Kier molecular flexibility index (Phi) is 3.39. The summed E-state index contributed by atoms with van der Waals surface area (Å²) in [5.41, 5.74) is 2.34. The fourth-order valence-corrected chi connectivity index (χ4v) is 3.17. The number of carbonyl (C=O) groups is 1. The van der Waals surface area contributed by atoms with Gasteiger partial charge in [0.2, 0.25) is 5.91 Å². The van der Waals surface area contributed by atoms with Gasteiger partial charge < -0.3 is 9.88 Å². The summed E-state index contributed by atoms with van der Waals surface area (Å²) >= 11 is 0. The molecule has 3 aromatic heterocycles. The number of aromatic amines is 1. The molecule has 4 heterocycles. The molecule has 0 radical (unpaired) electrons. The van der Waals surface area contributed by atoms with Gasteiger partial charge in [-0.25, -0.2) is 4.98 Å². The summed E-state index contributed by atoms with van der Waals surface area (Å²) < 4.78 is 1.97. The first-order chi connectivity index (χ1) is 11.7. The van der Waals surface area contributed by atoms with Gasteiger partial charge in [0.15, 0.2) is 17.1 Å². The molecular weight excluding hydrogens is 308 g/mol. The van der Waals surface area contributed by atoms with Crippen molar-refractivity contribution in [3.05, 3.63) is 24.3 Å². The maximum Gasteiger partial charge on any atom is 0.236 e. The zero-order valence-corrected chi connectivity index (χ0v) is 13.2. The largest absolute Gasteiger partial charge is 0.345 e. The summed E-state index contributed by atoms with van der Waals surface area (Å²) in [4.78, 5) is 23.4. The van der Waals surface area contributed by atoms with Gasteiger partial charge in [-0.05, 0) is 13.1 Å². The third-order valence-corrected chi connectivity index (χ3v) is 4.50. The van der Waals surface area contributed by atoms with E-state index in [4.69, 9.17) is 5.26 Å². The van der Waals surface area contributed by atoms with E-state index >= 15 is 0 Å². The van der Waals surface area contributed by atoms with Crippen LogP contribution in [0.2, 0.25) is 0 Å². The number of hydrogen-bond acceptors (Lipinski definition) is 6. The van der Waals surface area contributed by atoms with E-state index in [1.807, 2.05) is 29.8 Å². The Morgan fingerprint density at radius 1 is 1.46 bits per heavy atom. The van der Waals surface area contributed by atoms with Crippen molar-refractivity contribution < 1.29 is 4.79 Å². The summed E-state index contributed by atoms with van der Waals surface area (Å²) in [5.74, 6) is 0.631. The van der Waals surface area contributed by atoms with Crippen molar-refractivity contribution in [1.82, 2.24) is 34.4 Å². The molecule has 9 nitrogen and oxygen atoms in total. The first-order valence-corrected chi connectivity index (χ1v) is 7.71. The van der Waals surface area contributed by atoms with Crippen LogP contribution in [0.1, 0.15) is 18.3 Å². The van der Waals surface area contributed by atoms with Crippen molar-refractivity contribution in [1.29, 1.82) is 5.26 Å². The zero-order valence-electron chi connectivity index (χ0n) is 13.2. The van der Waals surface area contributed by atoms with Gasteiger partial charge in [-0.1, -0.05) is 0 Å². The first-order valence-electron chi connectivity index (χ1n) is 7.71. The van der Waals surface area contributed by atoms with E-state index in [1.54, 1.807) is 11.1 Å². The molecule has 0 aliphatic carbocycles. The second-order valence-corrected chi connectivity index (χ2v) is 5.89. The molecule has 4 rings (SSSR count). The first kappa shape index (κ1) is 14.6. The molecule has 0 aromatic carbocycles. The van der Waals surface area contributed by atoms with Gasteiger partial charge in [-0.3, -0.25) is 14.1 Å². The van der Waals surface area contributed by atoms with Crippen molar-refractivity contribution in [3.8, 4) is 6.07 Å². The van der Waals surface area contributed by atoms with E-state index in [0.29, 0.717) is 18.7 Å². The number of likely N-dealkylation sites (N-methyl/N-ethyl adjacent to an activating group) is 1. The van der Waals surface area contributed by atoms with Crippen molar-refractivity contribution in [2.24, 2.45) is 0 Å². The maximum absolute atomic E-state index is 12.1. The zero-order chi connectivity index (χ0) is 16.7. The predicted molar refractivity (Wildman–Crippen MR) is 84.8 cm³/mol. The number of H-pyrrole nitrogens is 1. The molecule has 1 saturated heterocycles. The normalized spacial score (nSPS) is 19.0. The number of nitriles is 1. The average Bonchev–Trinajstić information content (AvgIpc) is 3.21. The second kappa shape index (κ2) is 5.58. The Bertz CT molecular complexity index is 951. The fourth-order valence-electron chi connectivity index (χ4n) is 3.17. The van der Waals surface area contributed by atoms with Crippen LogP contribution < -0.4 is 0 Å². The van der Waals surface area contributed by atoms with Gasteiger partial charge in [0.05, 0.1) is 23.8 Å². The van der Waals surface area contributed by atoms with E-state index in [0.717, 1.165) is 23.5 Å². The lowest BCUT2D eigenvalue weighted by atomic mass is 10.1. The van der Waals surface area contributed by atoms with Crippen molar-refractivity contribution >= 4 is 22.7 Å². The third-order valence-electron chi connectivity index (χ3n) is 4.50. The molecule has 1 amide bonds. The van der Waals surface area contributed by atoms with Crippen LogP contribution in [0.25, 0.3) is 16.8 Å². The smallest absolute Gasteiger partial charge is 0.236 e. The highest BCUT2D eigenvalue weighted by atomic mass is 16.2. The highest BCUT2D eigenvalue weighted by molar-refractivity contribution is 5.78. The van der Waals surface area contributed by atoms with E-state index in [1.165, 1.54) is 0 Å². The van der Waals surface area contributed by atoms with Crippen LogP contribution in [0.3, 0.4) is 0 Å². The number of hydrogen-bond donors (Lipinski definition) is 1. The Morgan fingerprint density at radius 3 is 3.17 bits per heavy atom. The number of fused-ring (bicyclic) bond motifs is 3. The van der Waals surface area contributed by atoms with Crippen molar-refractivity contribution in [2.75, 3.05) is 26.7 Å². The molecule has 0 saturated carbocycles. The Balaban J connectivity index is 1.76. The second-order valence-electron chi connectivity index (χ2n) is 5.89. The van der Waals surface area contributed by atoms with Gasteiger partial charge in [0, 0.05) is 25.8 Å². The topological polar surface area (TPSA) is 106 Å². The van der Waals surface area contributed by atoms with Gasteiger partial charge in [0.25, 0.3) is 0 Å². The molecule has 24 heavy (non-hydrogen) atoms. The van der Waals surface area contributed by atoms with E-state index in [9.17, 15) is 4.79 Å². The number of carbonyl (C=O) groups excluding carboxylic acids is 1. The lowest BCUT2D eigenvalue weighted by Gasteiger charge is -2.38. The van der Waals surface area contributed by atoms with Crippen molar-refractivity contribution in [3.63, 3.8) is 0 Å². The van der Waals surface area contributed by atoms with Crippen LogP contribution in [-0.4, -0.2) is 67.0 Å². The minimum absolute atomic E-state index is 0.0862. The van der Waals surface area contributed by atoms with E-state index in [-0.39, 0.29) is 18.4 Å². The number of piperazine rings is 1. The lowest BCUT2D eigenvalue weighted by molar-refractivity contribution is -0.133. The predicted octanol–water partition coefficient (Wildman–Crippen LogP) is 0.334. The average molecular weight is 324 g/mol. The molecule has 9 heteroatoms. The molecule has 1 aliphatic rings. The number of amides is 1. The number of rotatable bonds is 2. The van der Waals surface area contributed by atoms with Crippen molar-refractivity contribution in [2.45, 2.75) is 12.5 Å². The Labute approximate surface area is 137 Å². The molecule has 0 unspecified atom stereocenters. The minimum Gasteiger partial charge on any atom is -0.345 e.